The predicted octanol–water partition coefficient (Wildman–Crippen LogP) is 6.26. The Morgan fingerprint density at radius 1 is 1.05 bits per heavy atom. The smallest absolute Gasteiger partial charge is 0.489 e. The zero-order valence-corrected chi connectivity index (χ0v) is 18.6. The van der Waals surface area contributed by atoms with Crippen LogP contribution < -0.4 is 9.64 Å². The summed E-state index contributed by atoms with van der Waals surface area (Å²) < 4.78 is 129. The van der Waals surface area contributed by atoms with E-state index >= 15 is 0 Å². The Bertz CT molecular complexity index is 1200. The number of halogens is 9. The van der Waals surface area contributed by atoms with E-state index in [0.717, 1.165) is 17.1 Å². The number of hydrogen-bond acceptors (Lipinski definition) is 4. The van der Waals surface area contributed by atoms with Crippen molar-refractivity contribution >= 4 is 5.69 Å². The second-order valence-electron chi connectivity index (χ2n) is 8.41. The fourth-order valence-corrected chi connectivity index (χ4v) is 4.30. The molecule has 0 amide bonds. The third-order valence-corrected chi connectivity index (χ3v) is 5.94. The summed E-state index contributed by atoms with van der Waals surface area (Å²) in [6, 6.07) is 4.42. The van der Waals surface area contributed by atoms with Crippen LogP contribution in [0, 0.1) is 23.4 Å². The van der Waals surface area contributed by atoms with Crippen molar-refractivity contribution in [3.05, 3.63) is 71.8 Å². The van der Waals surface area contributed by atoms with Gasteiger partial charge in [0.05, 0.1) is 18.3 Å². The number of benzene rings is 2. The van der Waals surface area contributed by atoms with Crippen molar-refractivity contribution in [3.8, 4) is 16.9 Å². The summed E-state index contributed by atoms with van der Waals surface area (Å²) in [5.41, 5.74) is -0.145. The number of ether oxygens (including phenoxy) is 2. The molecule has 200 valence electrons. The molecular weight excluding hydrogens is 521 g/mol. The molecule has 2 aliphatic rings. The Labute approximate surface area is 204 Å². The molecule has 0 saturated carbocycles. The lowest BCUT2D eigenvalue weighted by Gasteiger charge is -2.43. The van der Waals surface area contributed by atoms with E-state index < -0.39 is 60.4 Å². The lowest BCUT2D eigenvalue weighted by molar-refractivity contribution is -0.303. The summed E-state index contributed by atoms with van der Waals surface area (Å²) in [5.74, 6) is -6.18. The number of hydrogen-bond donors (Lipinski definition) is 1. The minimum atomic E-state index is -5.02. The van der Waals surface area contributed by atoms with Crippen LogP contribution >= 0.6 is 0 Å². The van der Waals surface area contributed by atoms with Gasteiger partial charge in [0, 0.05) is 11.5 Å². The van der Waals surface area contributed by atoms with Gasteiger partial charge in [0.25, 0.3) is 0 Å². The zero-order valence-electron chi connectivity index (χ0n) is 18.6. The Balaban J connectivity index is 1.76. The Kier molecular flexibility index (Phi) is 7.10. The first-order valence-corrected chi connectivity index (χ1v) is 10.8. The monoisotopic (exact) mass is 539 g/mol. The van der Waals surface area contributed by atoms with Gasteiger partial charge in [-0.2, -0.15) is 13.2 Å². The fourth-order valence-electron chi connectivity index (χ4n) is 4.30. The molecule has 37 heavy (non-hydrogen) atoms. The van der Waals surface area contributed by atoms with Crippen LogP contribution in [0.4, 0.5) is 45.2 Å². The number of para-hydroxylation sites is 1. The van der Waals surface area contributed by atoms with Crippen LogP contribution in [-0.2, 0) is 4.74 Å². The first-order chi connectivity index (χ1) is 17.2. The second kappa shape index (κ2) is 9.84. The highest BCUT2D eigenvalue weighted by atomic mass is 19.4. The molecule has 2 aromatic carbocycles. The van der Waals surface area contributed by atoms with E-state index in [-0.39, 0.29) is 35.6 Å². The molecule has 0 radical (unpaired) electrons. The van der Waals surface area contributed by atoms with Gasteiger partial charge in [-0.1, -0.05) is 18.2 Å². The van der Waals surface area contributed by atoms with Crippen LogP contribution in [0.3, 0.4) is 0 Å². The molecule has 1 aliphatic heterocycles. The van der Waals surface area contributed by atoms with E-state index in [1.54, 1.807) is 0 Å². The molecule has 0 saturated heterocycles. The molecule has 0 spiro atoms. The quantitative estimate of drug-likeness (QED) is 0.360. The average Bonchev–Trinajstić information content (AvgIpc) is 2.80. The number of anilines is 1. The number of allylic oxidation sites excluding steroid dienone is 2. The largest absolute Gasteiger partial charge is 0.573 e. The number of fused-ring (bicyclic) bond motifs is 1. The highest BCUT2D eigenvalue weighted by molar-refractivity contribution is 5.80. The van der Waals surface area contributed by atoms with Crippen molar-refractivity contribution in [1.29, 1.82) is 0 Å². The van der Waals surface area contributed by atoms with Crippen molar-refractivity contribution in [1.82, 2.24) is 0 Å². The molecular formula is C24H18F9NO3. The summed E-state index contributed by atoms with van der Waals surface area (Å²) in [6.07, 6.45) is -9.17. The number of aliphatic hydroxyl groups is 1. The maximum absolute atomic E-state index is 13.9. The summed E-state index contributed by atoms with van der Waals surface area (Å²) >= 11 is 0. The van der Waals surface area contributed by atoms with Crippen molar-refractivity contribution in [3.63, 3.8) is 0 Å². The second-order valence-corrected chi connectivity index (χ2v) is 8.41. The molecule has 3 atom stereocenters. The molecule has 4 rings (SSSR count). The maximum atomic E-state index is 13.9. The topological polar surface area (TPSA) is 41.9 Å². The van der Waals surface area contributed by atoms with Gasteiger partial charge in [-0.25, -0.2) is 13.2 Å². The first kappa shape index (κ1) is 26.7. The van der Waals surface area contributed by atoms with Crippen LogP contribution in [-0.4, -0.2) is 42.9 Å². The summed E-state index contributed by atoms with van der Waals surface area (Å²) in [6.45, 7) is -1.36. The molecule has 0 aromatic heterocycles. The average molecular weight is 539 g/mol. The summed E-state index contributed by atoms with van der Waals surface area (Å²) in [4.78, 5) is 1.13. The first-order valence-electron chi connectivity index (χ1n) is 10.8. The normalized spacial score (nSPS) is 20.7. The summed E-state index contributed by atoms with van der Waals surface area (Å²) in [5, 5.41) is 9.82. The molecule has 2 aromatic rings. The van der Waals surface area contributed by atoms with Gasteiger partial charge in [-0.15, -0.1) is 13.2 Å². The third-order valence-electron chi connectivity index (χ3n) is 5.94. The van der Waals surface area contributed by atoms with Crippen molar-refractivity contribution in [2.75, 3.05) is 18.1 Å². The van der Waals surface area contributed by atoms with Gasteiger partial charge >= 0.3 is 12.5 Å². The lowest BCUT2D eigenvalue weighted by atomic mass is 9.89. The number of rotatable bonds is 5. The SMILES string of the molecule is O[C@@H](CN1c2cccc(-c3cc(F)c(F)c(F)c3)c2OCC1[C@@H]1C=C(OC(F)(F)F)C=CC1)C(F)(F)F. The molecule has 1 heterocycles. The van der Waals surface area contributed by atoms with Gasteiger partial charge in [0.15, 0.2) is 29.3 Å². The maximum Gasteiger partial charge on any atom is 0.573 e. The molecule has 1 N–H and O–H groups in total. The fraction of sp³-hybridized carbons (Fsp3) is 0.333. The van der Waals surface area contributed by atoms with Crippen LogP contribution in [0.5, 0.6) is 5.75 Å². The van der Waals surface area contributed by atoms with Crippen LogP contribution in [0.25, 0.3) is 11.1 Å². The Morgan fingerprint density at radius 2 is 1.73 bits per heavy atom. The summed E-state index contributed by atoms with van der Waals surface area (Å²) in [7, 11) is 0. The number of nitrogens with zero attached hydrogens (tertiary/aromatic N) is 1. The zero-order chi connectivity index (χ0) is 27.1. The van der Waals surface area contributed by atoms with Crippen molar-refractivity contribution < 1.29 is 54.1 Å². The standard InChI is InChI=1S/C24H18F9NO3/c25-16-8-13(9-17(26)21(16)27)15-5-2-6-18-22(15)36-11-19(34(18)10-20(35)23(28,29)30)12-3-1-4-14(7-12)37-24(31,32)33/h1-2,4-9,12,19-20,35H,3,10-11H2/t12-,19?,20-/m0/s1. The minimum absolute atomic E-state index is 0.0107. The number of β-amino-alcohol motifs (C(OH)–C–C–N with tert-alkyl or cyclic N) is 1. The number of alkyl halides is 6. The van der Waals surface area contributed by atoms with E-state index in [9.17, 15) is 44.6 Å². The van der Waals surface area contributed by atoms with Gasteiger partial charge in [-0.3, -0.25) is 0 Å². The van der Waals surface area contributed by atoms with Crippen molar-refractivity contribution in [2.45, 2.75) is 31.1 Å². The number of aliphatic hydroxyl groups excluding tert-OH is 1. The van der Waals surface area contributed by atoms with Gasteiger partial charge in [0.1, 0.15) is 12.4 Å². The molecule has 13 heteroatoms. The van der Waals surface area contributed by atoms with Crippen molar-refractivity contribution in [2.24, 2.45) is 5.92 Å². The van der Waals surface area contributed by atoms with E-state index in [1.165, 1.54) is 24.3 Å². The van der Waals surface area contributed by atoms with Gasteiger partial charge < -0.3 is 19.5 Å². The van der Waals surface area contributed by atoms with E-state index in [1.807, 2.05) is 0 Å². The van der Waals surface area contributed by atoms with E-state index in [2.05, 4.69) is 4.74 Å². The van der Waals surface area contributed by atoms with Gasteiger partial charge in [-0.05, 0) is 42.3 Å². The highest BCUT2D eigenvalue weighted by Crippen LogP contribution is 2.45. The molecule has 0 fully saturated rings. The lowest BCUT2D eigenvalue weighted by Crippen LogP contribution is -2.52. The molecule has 0 bridgehead atoms. The van der Waals surface area contributed by atoms with Crippen LogP contribution in [0.15, 0.2) is 54.3 Å². The molecule has 1 unspecified atom stereocenters. The Morgan fingerprint density at radius 3 is 2.35 bits per heavy atom. The van der Waals surface area contributed by atoms with Gasteiger partial charge in [0.2, 0.25) is 0 Å². The Hall–Kier alpha value is -3.35. The van der Waals surface area contributed by atoms with Crippen LogP contribution in [0.1, 0.15) is 6.42 Å². The van der Waals surface area contributed by atoms with E-state index in [4.69, 9.17) is 4.74 Å². The predicted molar refractivity (Wildman–Crippen MR) is 113 cm³/mol. The minimum Gasteiger partial charge on any atom is -0.489 e. The van der Waals surface area contributed by atoms with E-state index in [0.29, 0.717) is 12.1 Å². The highest BCUT2D eigenvalue weighted by Gasteiger charge is 2.43. The molecule has 4 nitrogen and oxygen atoms in total. The third kappa shape index (κ3) is 5.81. The molecule has 1 aliphatic carbocycles. The van der Waals surface area contributed by atoms with Crippen LogP contribution in [0.2, 0.25) is 0 Å².